The number of rotatable bonds is 11. The molecule has 6 nitrogen and oxygen atoms in total. The maximum Gasteiger partial charge on any atom is 0.336 e. The van der Waals surface area contributed by atoms with Crippen LogP contribution in [0.25, 0.3) is 11.1 Å². The molecule has 2 rings (SSSR count). The van der Waals surface area contributed by atoms with Crippen LogP contribution in [-0.2, 0) is 9.59 Å². The summed E-state index contributed by atoms with van der Waals surface area (Å²) in [5.41, 5.74) is 2.54. The van der Waals surface area contributed by atoms with E-state index in [9.17, 15) is 14.4 Å². The van der Waals surface area contributed by atoms with Crippen LogP contribution in [0.1, 0.15) is 50.4 Å². The van der Waals surface area contributed by atoms with E-state index in [0.717, 1.165) is 27.3 Å². The van der Waals surface area contributed by atoms with Gasteiger partial charge in [0.1, 0.15) is 6.04 Å². The van der Waals surface area contributed by atoms with Crippen molar-refractivity contribution in [3.63, 3.8) is 0 Å². The third-order valence-electron chi connectivity index (χ3n) is 5.11. The Kier molecular flexibility index (Phi) is 10.5. The molecule has 1 unspecified atom stereocenters. The van der Waals surface area contributed by atoms with Crippen LogP contribution >= 0.6 is 22.6 Å². The van der Waals surface area contributed by atoms with E-state index in [2.05, 4.69) is 44.6 Å². The van der Waals surface area contributed by atoms with E-state index in [-0.39, 0.29) is 23.5 Å². The Morgan fingerprint density at radius 1 is 0.970 bits per heavy atom. The number of benzene rings is 2. The number of Topliss-reactive ketones (excluding diaryl/α,β-unsaturated/α-hetero) is 1. The number of carbonyl (C=O) groups excluding carboxylic acids is 3. The van der Waals surface area contributed by atoms with Crippen LogP contribution in [0, 0.1) is 9.49 Å². The Balaban J connectivity index is 2.13. The van der Waals surface area contributed by atoms with Gasteiger partial charge in [-0.05, 0) is 76.7 Å². The molecule has 0 aliphatic rings. The van der Waals surface area contributed by atoms with Gasteiger partial charge < -0.3 is 10.6 Å². The Bertz CT molecular complexity index is 1010. The first kappa shape index (κ1) is 26.5. The summed E-state index contributed by atoms with van der Waals surface area (Å²) < 4.78 is 4.67. The van der Waals surface area contributed by atoms with E-state index in [1.807, 2.05) is 57.2 Å². The first-order chi connectivity index (χ1) is 15.7. The average molecular weight is 560 g/mol. The fraction of sp³-hybridized carbons (Fsp3) is 0.346. The third-order valence-corrected chi connectivity index (χ3v) is 5.83. The van der Waals surface area contributed by atoms with Gasteiger partial charge in [0, 0.05) is 9.13 Å². The van der Waals surface area contributed by atoms with E-state index >= 15 is 0 Å². The second-order valence-corrected chi connectivity index (χ2v) is 9.55. The van der Waals surface area contributed by atoms with Crippen molar-refractivity contribution in [3.05, 3.63) is 57.7 Å². The second-order valence-electron chi connectivity index (χ2n) is 8.30. The summed E-state index contributed by atoms with van der Waals surface area (Å²) in [5.74, 6) is -0.841. The van der Waals surface area contributed by atoms with Crippen molar-refractivity contribution >= 4 is 53.1 Å². The molecule has 2 amide bonds. The van der Waals surface area contributed by atoms with Gasteiger partial charge in [0.05, 0.1) is 6.04 Å². The maximum atomic E-state index is 13.0. The van der Waals surface area contributed by atoms with Crippen LogP contribution in [0.15, 0.2) is 48.5 Å². The second kappa shape index (κ2) is 13.1. The molecule has 0 aliphatic heterocycles. The van der Waals surface area contributed by atoms with Crippen LogP contribution < -0.4 is 15.3 Å². The van der Waals surface area contributed by atoms with Gasteiger partial charge in [-0.15, -0.1) is 4.67 Å². The molecule has 174 valence electrons. The zero-order valence-corrected chi connectivity index (χ0v) is 21.5. The van der Waals surface area contributed by atoms with Gasteiger partial charge in [-0.3, -0.25) is 14.4 Å². The normalized spacial score (nSPS) is 12.4. The molecule has 0 radical (unpaired) electrons. The lowest BCUT2D eigenvalue weighted by Crippen LogP contribution is -2.52. The predicted molar refractivity (Wildman–Crippen MR) is 142 cm³/mol. The lowest BCUT2D eigenvalue weighted by molar-refractivity contribution is -0.127. The van der Waals surface area contributed by atoms with Crippen molar-refractivity contribution in [2.24, 2.45) is 5.92 Å². The highest BCUT2D eigenvalue weighted by Crippen LogP contribution is 2.21. The van der Waals surface area contributed by atoms with E-state index in [0.29, 0.717) is 18.4 Å². The molecular formula is C26H31IN3O3+. The molecule has 0 bridgehead atoms. The smallest absolute Gasteiger partial charge is 0.336 e. The van der Waals surface area contributed by atoms with Gasteiger partial charge in [0.25, 0.3) is 18.4 Å². The number of hydrogen-bond donors (Lipinski definition) is 2. The summed E-state index contributed by atoms with van der Waals surface area (Å²) >= 11 is 2.26. The fourth-order valence-electron chi connectivity index (χ4n) is 3.43. The first-order valence-corrected chi connectivity index (χ1v) is 12.1. The standard InChI is InChI=1S/C26H30IN3O3/c1-5-6-22(24(31)16-28-4)29-26(33)23(15-17(2)3)30-25(32)20-9-7-18(8-10-20)19-11-13-21(27)14-12-19/h7-14,16-17,22-23H,4-6,15H2,1-3H3,(H-,29,30,32,33)/p+1/t22?,23-/m0/s1. The van der Waals surface area contributed by atoms with Crippen molar-refractivity contribution in [1.29, 1.82) is 0 Å². The molecule has 0 spiro atoms. The van der Waals surface area contributed by atoms with Gasteiger partial charge in [-0.25, -0.2) is 0 Å². The van der Waals surface area contributed by atoms with Gasteiger partial charge in [0.2, 0.25) is 5.91 Å². The summed E-state index contributed by atoms with van der Waals surface area (Å²) in [6.45, 7) is 9.19. The lowest BCUT2D eigenvalue weighted by Gasteiger charge is -2.23. The molecule has 0 saturated heterocycles. The molecule has 33 heavy (non-hydrogen) atoms. The lowest BCUT2D eigenvalue weighted by atomic mass is 10.0. The summed E-state index contributed by atoms with van der Waals surface area (Å²) in [5, 5.41) is 5.62. The predicted octanol–water partition coefficient (Wildman–Crippen LogP) is 3.80. The minimum atomic E-state index is -0.753. The van der Waals surface area contributed by atoms with Crippen molar-refractivity contribution in [2.45, 2.75) is 52.1 Å². The van der Waals surface area contributed by atoms with E-state index < -0.39 is 12.1 Å². The molecule has 0 aliphatic carbocycles. The minimum absolute atomic E-state index is 0.172. The molecule has 2 aromatic rings. The van der Waals surface area contributed by atoms with E-state index in [1.165, 1.54) is 0 Å². The quantitative estimate of drug-likeness (QED) is 0.249. The molecule has 2 atom stereocenters. The third kappa shape index (κ3) is 8.26. The molecule has 2 aromatic carbocycles. The Morgan fingerprint density at radius 2 is 1.55 bits per heavy atom. The molecule has 0 heterocycles. The summed E-state index contributed by atoms with van der Waals surface area (Å²) in [6, 6.07) is 14.0. The molecule has 2 N–H and O–H groups in total. The van der Waals surface area contributed by atoms with Gasteiger partial charge in [0.15, 0.2) is 0 Å². The Morgan fingerprint density at radius 3 is 2.06 bits per heavy atom. The number of hydrogen-bond acceptors (Lipinski definition) is 3. The van der Waals surface area contributed by atoms with Crippen LogP contribution in [-0.4, -0.2) is 42.6 Å². The first-order valence-electron chi connectivity index (χ1n) is 11.0. The largest absolute Gasteiger partial charge is 0.344 e. The number of nitrogens with zero attached hydrogens (tertiary/aromatic N) is 1. The summed E-state index contributed by atoms with van der Waals surface area (Å²) in [6.07, 6.45) is 2.77. The highest BCUT2D eigenvalue weighted by atomic mass is 127. The number of carbonyl (C=O) groups is 3. The van der Waals surface area contributed by atoms with Gasteiger partial charge in [-0.1, -0.05) is 51.5 Å². The average Bonchev–Trinajstić information content (AvgIpc) is 2.78. The SMILES string of the molecule is C=[N+]=CC(=O)C(CCC)NC(=O)[C@H](CC(C)C)NC(=O)c1ccc(-c2ccc(I)cc2)cc1. The number of ketones is 1. The molecule has 0 saturated carbocycles. The van der Waals surface area contributed by atoms with E-state index in [1.54, 1.807) is 12.1 Å². The van der Waals surface area contributed by atoms with Crippen LogP contribution in [0.5, 0.6) is 0 Å². The summed E-state index contributed by atoms with van der Waals surface area (Å²) in [7, 11) is 0. The van der Waals surface area contributed by atoms with Crippen molar-refractivity contribution < 1.29 is 14.4 Å². The van der Waals surface area contributed by atoms with Crippen molar-refractivity contribution in [2.75, 3.05) is 0 Å². The van der Waals surface area contributed by atoms with Crippen molar-refractivity contribution in [1.82, 2.24) is 15.3 Å². The molecular weight excluding hydrogens is 529 g/mol. The number of nitrogens with one attached hydrogen (secondary N) is 2. The minimum Gasteiger partial charge on any atom is -0.344 e. The van der Waals surface area contributed by atoms with Gasteiger partial charge >= 0.3 is 6.21 Å². The van der Waals surface area contributed by atoms with Crippen LogP contribution in [0.4, 0.5) is 0 Å². The molecule has 7 heteroatoms. The topological polar surface area (TPSA) is 89.4 Å². The Hall–Kier alpha value is -2.77. The van der Waals surface area contributed by atoms with Crippen LogP contribution in [0.3, 0.4) is 0 Å². The fourth-order valence-corrected chi connectivity index (χ4v) is 3.79. The van der Waals surface area contributed by atoms with E-state index in [4.69, 9.17) is 0 Å². The molecule has 0 aromatic heterocycles. The Labute approximate surface area is 209 Å². The van der Waals surface area contributed by atoms with Gasteiger partial charge in [-0.2, -0.15) is 0 Å². The highest BCUT2D eigenvalue weighted by Gasteiger charge is 2.28. The van der Waals surface area contributed by atoms with Crippen molar-refractivity contribution in [3.8, 4) is 11.1 Å². The maximum absolute atomic E-state index is 13.0. The van der Waals surface area contributed by atoms with Crippen LogP contribution in [0.2, 0.25) is 0 Å². The number of halogens is 1. The number of amides is 2. The highest BCUT2D eigenvalue weighted by molar-refractivity contribution is 14.1. The molecule has 0 fully saturated rings. The summed E-state index contributed by atoms with van der Waals surface area (Å²) in [4.78, 5) is 38.1. The zero-order chi connectivity index (χ0) is 24.4. The zero-order valence-electron chi connectivity index (χ0n) is 19.3. The monoisotopic (exact) mass is 560 g/mol.